The Labute approximate surface area is 242 Å². The number of aliphatic hydroxyl groups is 1. The number of para-hydroxylation sites is 1. The van der Waals surface area contributed by atoms with Crippen LogP contribution in [-0.2, 0) is 21.1 Å². The topological polar surface area (TPSA) is 139 Å². The molecule has 2 aromatic carbocycles. The first kappa shape index (κ1) is 27.5. The van der Waals surface area contributed by atoms with Gasteiger partial charge in [0.25, 0.3) is 0 Å². The molecule has 216 valence electrons. The number of ether oxygens (including phenoxy) is 1. The van der Waals surface area contributed by atoms with Crippen LogP contribution in [0.2, 0.25) is 0 Å². The number of amides is 3. The van der Waals surface area contributed by atoms with E-state index in [2.05, 4.69) is 20.9 Å². The second-order valence-corrected chi connectivity index (χ2v) is 12.4. The predicted octanol–water partition coefficient (Wildman–Crippen LogP) is 2.40. The van der Waals surface area contributed by atoms with Gasteiger partial charge in [-0.3, -0.25) is 14.4 Å². The first-order valence-electron chi connectivity index (χ1n) is 14.1. The number of anilines is 1. The van der Waals surface area contributed by atoms with Crippen molar-refractivity contribution in [3.63, 3.8) is 0 Å². The van der Waals surface area contributed by atoms with Crippen LogP contribution in [0.5, 0.6) is 5.75 Å². The quantitative estimate of drug-likeness (QED) is 0.334. The number of carbonyl (C=O) groups excluding carboxylic acids is 3. The minimum Gasteiger partial charge on any atom is -0.494 e. The molecular weight excluding hydrogens is 544 g/mol. The fraction of sp³-hybridized carbons (Fsp3) is 0.483. The van der Waals surface area contributed by atoms with Crippen molar-refractivity contribution in [2.45, 2.75) is 61.9 Å². The molecule has 3 N–H and O–H groups in total. The van der Waals surface area contributed by atoms with Gasteiger partial charge in [-0.15, -0.1) is 16.9 Å². The van der Waals surface area contributed by atoms with Gasteiger partial charge in [-0.2, -0.15) is 0 Å². The smallest absolute Gasteiger partial charge is 0.245 e. The standard InChI is InChI=1S/C29H34N6O5S/c1-3-18(15-36)35-25(27(38)30-16-34-21-8-6-5-7-20(21)32-33-34)29-14-13-22(41-29)23(24(29)28(35)39)26(37)31-17-9-11-19(12-10-17)40-4-2/h5-12,18,22-25,36H,3-4,13-16H2,1-2H3,(H,30,38)(H,31,37)/t18-,22+,23-,24-,25?,29?/m0/s1. The Morgan fingerprint density at radius 1 is 1.17 bits per heavy atom. The van der Waals surface area contributed by atoms with Crippen molar-refractivity contribution in [2.75, 3.05) is 18.5 Å². The molecule has 41 heavy (non-hydrogen) atoms. The maximum Gasteiger partial charge on any atom is 0.245 e. The van der Waals surface area contributed by atoms with Crippen LogP contribution in [-0.4, -0.2) is 78.0 Å². The molecule has 4 heterocycles. The van der Waals surface area contributed by atoms with E-state index in [-0.39, 0.29) is 36.2 Å². The summed E-state index contributed by atoms with van der Waals surface area (Å²) in [6.07, 6.45) is 1.87. The summed E-state index contributed by atoms with van der Waals surface area (Å²) < 4.78 is 6.36. The summed E-state index contributed by atoms with van der Waals surface area (Å²) in [4.78, 5) is 43.4. The largest absolute Gasteiger partial charge is 0.494 e. The van der Waals surface area contributed by atoms with Crippen LogP contribution in [0.15, 0.2) is 48.5 Å². The van der Waals surface area contributed by atoms with Crippen molar-refractivity contribution in [3.8, 4) is 5.75 Å². The van der Waals surface area contributed by atoms with Crippen LogP contribution in [0.1, 0.15) is 33.1 Å². The lowest BCUT2D eigenvalue weighted by Gasteiger charge is -2.36. The van der Waals surface area contributed by atoms with Gasteiger partial charge in [0.15, 0.2) is 0 Å². The van der Waals surface area contributed by atoms with Gasteiger partial charge in [-0.25, -0.2) is 4.68 Å². The Hall–Kier alpha value is -3.64. The Kier molecular flexibility index (Phi) is 7.37. The van der Waals surface area contributed by atoms with E-state index in [0.717, 1.165) is 17.5 Å². The average Bonchev–Trinajstić information content (AvgIpc) is 3.73. The molecule has 12 heteroatoms. The summed E-state index contributed by atoms with van der Waals surface area (Å²) in [5.41, 5.74) is 2.13. The number of carbonyl (C=O) groups is 3. The molecular formula is C29H34N6O5S. The van der Waals surface area contributed by atoms with Crippen molar-refractivity contribution in [3.05, 3.63) is 48.5 Å². The van der Waals surface area contributed by atoms with Crippen molar-refractivity contribution in [1.82, 2.24) is 25.2 Å². The summed E-state index contributed by atoms with van der Waals surface area (Å²) in [6, 6.07) is 13.3. The molecule has 1 spiro atoms. The highest BCUT2D eigenvalue weighted by atomic mass is 32.2. The van der Waals surface area contributed by atoms with E-state index in [0.29, 0.717) is 30.9 Å². The Morgan fingerprint density at radius 3 is 2.68 bits per heavy atom. The first-order valence-corrected chi connectivity index (χ1v) is 15.0. The van der Waals surface area contributed by atoms with Gasteiger partial charge in [0.05, 0.1) is 41.4 Å². The number of hydrogen-bond donors (Lipinski definition) is 3. The van der Waals surface area contributed by atoms with Gasteiger partial charge in [-0.05, 0) is 62.6 Å². The number of aromatic nitrogens is 3. The van der Waals surface area contributed by atoms with E-state index < -0.39 is 28.7 Å². The van der Waals surface area contributed by atoms with Gasteiger partial charge in [0, 0.05) is 10.9 Å². The lowest BCUT2D eigenvalue weighted by Crippen LogP contribution is -2.56. The molecule has 3 aromatic rings. The van der Waals surface area contributed by atoms with E-state index in [9.17, 15) is 19.5 Å². The van der Waals surface area contributed by atoms with Crippen molar-refractivity contribution in [2.24, 2.45) is 11.8 Å². The molecule has 6 rings (SSSR count). The highest BCUT2D eigenvalue weighted by Crippen LogP contribution is 2.66. The molecule has 0 radical (unpaired) electrons. The zero-order valence-electron chi connectivity index (χ0n) is 23.0. The van der Waals surface area contributed by atoms with Crippen LogP contribution >= 0.6 is 11.8 Å². The molecule has 3 amide bonds. The highest BCUT2D eigenvalue weighted by molar-refractivity contribution is 8.02. The summed E-state index contributed by atoms with van der Waals surface area (Å²) in [5.74, 6) is -1.30. The van der Waals surface area contributed by atoms with Crippen LogP contribution < -0.4 is 15.4 Å². The van der Waals surface area contributed by atoms with E-state index in [1.807, 2.05) is 38.1 Å². The predicted molar refractivity (Wildman–Crippen MR) is 154 cm³/mol. The number of benzene rings is 2. The van der Waals surface area contributed by atoms with Crippen molar-refractivity contribution < 1.29 is 24.2 Å². The normalized spacial score (nSPS) is 27.2. The number of rotatable bonds is 10. The molecule has 6 atom stereocenters. The second kappa shape index (κ2) is 11.0. The minimum atomic E-state index is -0.815. The zero-order valence-corrected chi connectivity index (χ0v) is 23.8. The number of thioether (sulfide) groups is 1. The van der Waals surface area contributed by atoms with Crippen LogP contribution in [0, 0.1) is 11.8 Å². The third kappa shape index (κ3) is 4.53. The first-order chi connectivity index (χ1) is 19.9. The molecule has 11 nitrogen and oxygen atoms in total. The average molecular weight is 579 g/mol. The van der Waals surface area contributed by atoms with Crippen molar-refractivity contribution >= 4 is 46.2 Å². The fourth-order valence-electron chi connectivity index (χ4n) is 6.81. The number of nitrogens with one attached hydrogen (secondary N) is 2. The lowest BCUT2D eigenvalue weighted by atomic mass is 9.70. The van der Waals surface area contributed by atoms with E-state index >= 15 is 0 Å². The molecule has 2 bridgehead atoms. The van der Waals surface area contributed by atoms with E-state index in [4.69, 9.17) is 4.74 Å². The molecule has 0 aliphatic carbocycles. The van der Waals surface area contributed by atoms with E-state index in [1.54, 1.807) is 45.6 Å². The minimum absolute atomic E-state index is 0.0717. The third-order valence-electron chi connectivity index (χ3n) is 8.62. The Balaban J connectivity index is 1.27. The Bertz CT molecular complexity index is 1460. The number of aliphatic hydroxyl groups excluding tert-OH is 1. The molecule has 2 unspecified atom stereocenters. The molecule has 3 saturated heterocycles. The SMILES string of the molecule is CCOc1ccc(NC(=O)[C@@H]2[C@H]3C(=O)N([C@@H](CC)CO)C(C(=O)NCn4nnc5ccccc54)C34CC[C@H]2S4)cc1. The van der Waals surface area contributed by atoms with Crippen LogP contribution in [0.4, 0.5) is 5.69 Å². The summed E-state index contributed by atoms with van der Waals surface area (Å²) in [7, 11) is 0. The van der Waals surface area contributed by atoms with Crippen LogP contribution in [0.3, 0.4) is 0 Å². The van der Waals surface area contributed by atoms with E-state index in [1.165, 1.54) is 0 Å². The third-order valence-corrected chi connectivity index (χ3v) is 10.6. The maximum absolute atomic E-state index is 14.1. The van der Waals surface area contributed by atoms with Gasteiger partial charge in [0.2, 0.25) is 17.7 Å². The Morgan fingerprint density at radius 2 is 1.95 bits per heavy atom. The lowest BCUT2D eigenvalue weighted by molar-refractivity contribution is -0.142. The molecule has 3 fully saturated rings. The fourth-order valence-corrected chi connectivity index (χ4v) is 9.01. The highest BCUT2D eigenvalue weighted by Gasteiger charge is 2.74. The van der Waals surface area contributed by atoms with Gasteiger partial charge in [-0.1, -0.05) is 24.3 Å². The molecule has 0 saturated carbocycles. The summed E-state index contributed by atoms with van der Waals surface area (Å²) in [5, 5.41) is 24.4. The monoisotopic (exact) mass is 578 g/mol. The molecule has 3 aliphatic rings. The van der Waals surface area contributed by atoms with Gasteiger partial charge in [0.1, 0.15) is 24.0 Å². The number of likely N-dealkylation sites (tertiary alicyclic amines) is 1. The maximum atomic E-state index is 14.1. The molecule has 1 aromatic heterocycles. The van der Waals surface area contributed by atoms with Gasteiger partial charge >= 0.3 is 0 Å². The van der Waals surface area contributed by atoms with Crippen LogP contribution in [0.25, 0.3) is 11.0 Å². The van der Waals surface area contributed by atoms with Gasteiger partial charge < -0.3 is 25.4 Å². The summed E-state index contributed by atoms with van der Waals surface area (Å²) in [6.45, 7) is 4.16. The number of hydrogen-bond acceptors (Lipinski definition) is 8. The number of nitrogens with zero attached hydrogens (tertiary/aromatic N) is 4. The summed E-state index contributed by atoms with van der Waals surface area (Å²) >= 11 is 1.59. The molecule has 3 aliphatic heterocycles. The second-order valence-electron chi connectivity index (χ2n) is 10.8. The number of fused-ring (bicyclic) bond motifs is 2. The zero-order chi connectivity index (χ0) is 28.7. The van der Waals surface area contributed by atoms with Crippen molar-refractivity contribution in [1.29, 1.82) is 0 Å².